The summed E-state index contributed by atoms with van der Waals surface area (Å²) in [7, 11) is 0. The molecular weight excluding hydrogens is 293 g/mol. The van der Waals surface area contributed by atoms with Crippen LogP contribution in [0.5, 0.6) is 0 Å². The summed E-state index contributed by atoms with van der Waals surface area (Å²) < 4.78 is 40.1. The lowest BCUT2D eigenvalue weighted by Crippen LogP contribution is -2.13. The summed E-state index contributed by atoms with van der Waals surface area (Å²) >= 11 is 3.38. The fourth-order valence-corrected chi connectivity index (χ4v) is 3.86. The molecule has 1 aliphatic carbocycles. The van der Waals surface area contributed by atoms with E-state index in [-0.39, 0.29) is 16.3 Å². The van der Waals surface area contributed by atoms with Crippen LogP contribution in [0.25, 0.3) is 0 Å². The van der Waals surface area contributed by atoms with Crippen molar-refractivity contribution in [1.29, 1.82) is 0 Å². The molecule has 1 aliphatic rings. The Morgan fingerprint density at radius 3 is 2.24 bits per heavy atom. The molecule has 0 bridgehead atoms. The molecular formula is C13H14BrF3. The Hall–Kier alpha value is -0.510. The average molecular weight is 307 g/mol. The van der Waals surface area contributed by atoms with Crippen molar-refractivity contribution in [3.05, 3.63) is 35.1 Å². The molecule has 1 fully saturated rings. The molecule has 0 spiro atoms. The Labute approximate surface area is 107 Å². The van der Waals surface area contributed by atoms with E-state index in [0.29, 0.717) is 5.92 Å². The highest BCUT2D eigenvalue weighted by atomic mass is 79.9. The maximum absolute atomic E-state index is 13.6. The molecule has 0 heterocycles. The molecule has 17 heavy (non-hydrogen) atoms. The fraction of sp³-hybridized carbons (Fsp3) is 0.538. The zero-order valence-corrected chi connectivity index (χ0v) is 11.1. The lowest BCUT2D eigenvalue weighted by molar-refractivity contribution is 0.396. The Balaban J connectivity index is 2.33. The second-order valence-corrected chi connectivity index (χ2v) is 5.74. The predicted molar refractivity (Wildman–Crippen MR) is 64.5 cm³/mol. The highest BCUT2D eigenvalue weighted by Crippen LogP contribution is 2.45. The van der Waals surface area contributed by atoms with E-state index in [2.05, 4.69) is 22.9 Å². The summed E-state index contributed by atoms with van der Waals surface area (Å²) in [5.41, 5.74) is -0.0369. The first-order valence-electron chi connectivity index (χ1n) is 5.79. The van der Waals surface area contributed by atoms with Crippen LogP contribution < -0.4 is 0 Å². The number of hydrogen-bond acceptors (Lipinski definition) is 0. The lowest BCUT2D eigenvalue weighted by Gasteiger charge is -2.23. The zero-order valence-electron chi connectivity index (χ0n) is 9.52. The smallest absolute Gasteiger partial charge is 0.133 e. The van der Waals surface area contributed by atoms with Gasteiger partial charge in [-0.1, -0.05) is 35.7 Å². The Kier molecular flexibility index (Phi) is 3.81. The molecule has 1 aromatic rings. The molecule has 2 rings (SSSR count). The van der Waals surface area contributed by atoms with Gasteiger partial charge in [-0.05, 0) is 18.3 Å². The first-order valence-corrected chi connectivity index (χ1v) is 6.70. The molecule has 0 radical (unpaired) electrons. The van der Waals surface area contributed by atoms with Crippen LogP contribution >= 0.6 is 15.9 Å². The lowest BCUT2D eigenvalue weighted by atomic mass is 9.90. The van der Waals surface area contributed by atoms with Crippen LogP contribution in [-0.2, 0) is 0 Å². The third-order valence-electron chi connectivity index (χ3n) is 3.62. The number of hydrogen-bond donors (Lipinski definition) is 0. The zero-order chi connectivity index (χ0) is 12.6. The van der Waals surface area contributed by atoms with Crippen molar-refractivity contribution in [2.24, 2.45) is 11.8 Å². The Morgan fingerprint density at radius 2 is 1.76 bits per heavy atom. The highest BCUT2D eigenvalue weighted by Gasteiger charge is 2.33. The SMILES string of the molecule is CC1CCCC1C(Br)c1c(F)cc(F)cc1F. The van der Waals surface area contributed by atoms with E-state index in [1.54, 1.807) is 0 Å². The first-order chi connectivity index (χ1) is 8.00. The molecule has 0 saturated heterocycles. The number of benzene rings is 1. The second kappa shape index (κ2) is 5.01. The minimum Gasteiger partial charge on any atom is -0.207 e. The molecule has 4 heteroatoms. The van der Waals surface area contributed by atoms with Crippen LogP contribution in [0.1, 0.15) is 36.6 Å². The number of halogens is 4. The van der Waals surface area contributed by atoms with Crippen molar-refractivity contribution >= 4 is 15.9 Å². The van der Waals surface area contributed by atoms with Crippen molar-refractivity contribution in [3.8, 4) is 0 Å². The van der Waals surface area contributed by atoms with E-state index < -0.39 is 17.5 Å². The van der Waals surface area contributed by atoms with Gasteiger partial charge in [0.2, 0.25) is 0 Å². The standard InChI is InChI=1S/C13H14BrF3/c1-7-3-2-4-9(7)13(14)12-10(16)5-8(15)6-11(12)17/h5-7,9,13H,2-4H2,1H3. The minimum absolute atomic E-state index is 0.0369. The Bertz CT molecular complexity index is 396. The highest BCUT2D eigenvalue weighted by molar-refractivity contribution is 9.09. The van der Waals surface area contributed by atoms with Crippen molar-refractivity contribution < 1.29 is 13.2 Å². The molecule has 0 aliphatic heterocycles. The van der Waals surface area contributed by atoms with Crippen molar-refractivity contribution in [2.45, 2.75) is 31.0 Å². The van der Waals surface area contributed by atoms with E-state index >= 15 is 0 Å². The van der Waals surface area contributed by atoms with Gasteiger partial charge in [-0.25, -0.2) is 13.2 Å². The van der Waals surface area contributed by atoms with Gasteiger partial charge in [-0.2, -0.15) is 0 Å². The van der Waals surface area contributed by atoms with Crippen molar-refractivity contribution in [2.75, 3.05) is 0 Å². The van der Waals surface area contributed by atoms with Gasteiger partial charge in [0.15, 0.2) is 0 Å². The topological polar surface area (TPSA) is 0 Å². The van der Waals surface area contributed by atoms with Gasteiger partial charge >= 0.3 is 0 Å². The molecule has 0 amide bonds. The summed E-state index contributed by atoms with van der Waals surface area (Å²) in [4.78, 5) is -0.374. The van der Waals surface area contributed by atoms with Gasteiger partial charge < -0.3 is 0 Å². The second-order valence-electron chi connectivity index (χ2n) is 4.76. The minimum atomic E-state index is -0.872. The Morgan fingerprint density at radius 1 is 1.18 bits per heavy atom. The van der Waals surface area contributed by atoms with Gasteiger partial charge in [0.25, 0.3) is 0 Å². The van der Waals surface area contributed by atoms with Gasteiger partial charge in [-0.3, -0.25) is 0 Å². The first kappa shape index (κ1) is 12.9. The monoisotopic (exact) mass is 306 g/mol. The molecule has 94 valence electrons. The summed E-state index contributed by atoms with van der Waals surface area (Å²) in [6, 6.07) is 1.48. The van der Waals surface area contributed by atoms with E-state index in [4.69, 9.17) is 0 Å². The largest absolute Gasteiger partial charge is 0.207 e. The van der Waals surface area contributed by atoms with Crippen LogP contribution in [-0.4, -0.2) is 0 Å². The molecule has 1 saturated carbocycles. The maximum Gasteiger partial charge on any atom is 0.133 e. The number of rotatable bonds is 2. The van der Waals surface area contributed by atoms with Gasteiger partial charge in [0.05, 0.1) is 0 Å². The van der Waals surface area contributed by atoms with Crippen molar-refractivity contribution in [3.63, 3.8) is 0 Å². The van der Waals surface area contributed by atoms with E-state index in [9.17, 15) is 13.2 Å². The predicted octanol–water partition coefficient (Wildman–Crippen LogP) is 4.98. The van der Waals surface area contributed by atoms with E-state index in [1.807, 2.05) is 0 Å². The van der Waals surface area contributed by atoms with Crippen LogP contribution in [0.2, 0.25) is 0 Å². The van der Waals surface area contributed by atoms with Crippen LogP contribution in [0.4, 0.5) is 13.2 Å². The molecule has 0 aromatic heterocycles. The molecule has 0 N–H and O–H groups in total. The maximum atomic E-state index is 13.6. The molecule has 1 aromatic carbocycles. The van der Waals surface area contributed by atoms with E-state index in [0.717, 1.165) is 31.4 Å². The normalized spacial score (nSPS) is 26.2. The summed E-state index contributed by atoms with van der Waals surface area (Å²) in [5.74, 6) is -1.83. The van der Waals surface area contributed by atoms with Crippen LogP contribution in [0.3, 0.4) is 0 Å². The van der Waals surface area contributed by atoms with Crippen LogP contribution in [0.15, 0.2) is 12.1 Å². The molecule has 0 nitrogen and oxygen atoms in total. The van der Waals surface area contributed by atoms with Crippen LogP contribution in [0, 0.1) is 29.3 Å². The third kappa shape index (κ3) is 2.51. The third-order valence-corrected chi connectivity index (χ3v) is 4.76. The van der Waals surface area contributed by atoms with Crippen molar-refractivity contribution in [1.82, 2.24) is 0 Å². The fourth-order valence-electron chi connectivity index (χ4n) is 2.64. The average Bonchev–Trinajstić information content (AvgIpc) is 2.62. The quantitative estimate of drug-likeness (QED) is 0.676. The summed E-state index contributed by atoms with van der Waals surface area (Å²) in [6.07, 6.45) is 3.11. The van der Waals surface area contributed by atoms with E-state index in [1.165, 1.54) is 0 Å². The van der Waals surface area contributed by atoms with Gasteiger partial charge in [-0.15, -0.1) is 0 Å². The van der Waals surface area contributed by atoms with Gasteiger partial charge in [0.1, 0.15) is 17.5 Å². The summed E-state index contributed by atoms with van der Waals surface area (Å²) in [6.45, 7) is 2.09. The number of alkyl halides is 1. The molecule has 3 unspecified atom stereocenters. The summed E-state index contributed by atoms with van der Waals surface area (Å²) in [5, 5.41) is 0. The molecule has 3 atom stereocenters. The van der Waals surface area contributed by atoms with Gasteiger partial charge in [0, 0.05) is 22.5 Å².